The van der Waals surface area contributed by atoms with Gasteiger partial charge in [0.15, 0.2) is 5.82 Å². The molecule has 0 aromatic carbocycles. The van der Waals surface area contributed by atoms with E-state index in [9.17, 15) is 0 Å². The molecule has 0 bridgehead atoms. The number of anilines is 1. The van der Waals surface area contributed by atoms with Crippen LogP contribution in [-0.2, 0) is 0 Å². The second kappa shape index (κ2) is 6.01. The Hall–Kier alpha value is -1.27. The monoisotopic (exact) mass is 293 g/mol. The van der Waals surface area contributed by atoms with Crippen LogP contribution in [0.5, 0.6) is 0 Å². The van der Waals surface area contributed by atoms with Gasteiger partial charge in [0.05, 0.1) is 11.3 Å². The molecule has 0 saturated carbocycles. The second-order valence-corrected chi connectivity index (χ2v) is 5.90. The fourth-order valence-electron chi connectivity index (χ4n) is 2.69. The largest absolute Gasteiger partial charge is 0.389 e. The van der Waals surface area contributed by atoms with Crippen molar-refractivity contribution in [2.45, 2.75) is 33.2 Å². The van der Waals surface area contributed by atoms with Crippen molar-refractivity contribution in [3.63, 3.8) is 0 Å². The molecule has 1 unspecified atom stereocenters. The van der Waals surface area contributed by atoms with E-state index < -0.39 is 0 Å². The molecule has 5 nitrogen and oxygen atoms in total. The third-order valence-electron chi connectivity index (χ3n) is 4.23. The van der Waals surface area contributed by atoms with E-state index in [0.29, 0.717) is 11.0 Å². The van der Waals surface area contributed by atoms with Gasteiger partial charge in [0.2, 0.25) is 0 Å². The fourth-order valence-corrected chi connectivity index (χ4v) is 2.94. The highest BCUT2D eigenvalue weighted by atomic mass is 32.1. The first-order valence-corrected chi connectivity index (χ1v) is 7.45. The summed E-state index contributed by atoms with van der Waals surface area (Å²) in [6.07, 6.45) is 1.12. The maximum atomic E-state index is 5.91. The van der Waals surface area contributed by atoms with Gasteiger partial charge < -0.3 is 10.6 Å². The summed E-state index contributed by atoms with van der Waals surface area (Å²) < 4.78 is 0. The van der Waals surface area contributed by atoms with E-state index in [0.717, 1.165) is 48.7 Å². The number of piperazine rings is 1. The molecule has 6 heteroatoms. The molecule has 110 valence electrons. The van der Waals surface area contributed by atoms with Gasteiger partial charge in [-0.15, -0.1) is 5.10 Å². The van der Waals surface area contributed by atoms with Gasteiger partial charge in [0.25, 0.3) is 0 Å². The van der Waals surface area contributed by atoms with Gasteiger partial charge in [-0.1, -0.05) is 19.1 Å². The number of likely N-dealkylation sites (N-methyl/N-ethyl adjacent to an activating group) is 1. The van der Waals surface area contributed by atoms with Crippen molar-refractivity contribution in [2.75, 3.05) is 31.6 Å². The molecular weight excluding hydrogens is 270 g/mol. The minimum absolute atomic E-state index is 0.405. The van der Waals surface area contributed by atoms with Crippen LogP contribution in [0.25, 0.3) is 0 Å². The van der Waals surface area contributed by atoms with E-state index in [-0.39, 0.29) is 0 Å². The van der Waals surface area contributed by atoms with Crippen LogP contribution in [0.3, 0.4) is 0 Å². The zero-order chi connectivity index (χ0) is 14.9. The average Bonchev–Trinajstić information content (AvgIpc) is 2.42. The molecule has 0 radical (unpaired) electrons. The molecule has 20 heavy (non-hydrogen) atoms. The normalized spacial score (nSPS) is 20.2. The molecule has 1 fully saturated rings. The molecular formula is C14H23N5S. The zero-order valence-electron chi connectivity index (χ0n) is 12.7. The van der Waals surface area contributed by atoms with E-state index >= 15 is 0 Å². The molecule has 2 N–H and O–H groups in total. The Morgan fingerprint density at radius 2 is 2.05 bits per heavy atom. The first-order valence-electron chi connectivity index (χ1n) is 7.04. The van der Waals surface area contributed by atoms with Crippen molar-refractivity contribution >= 4 is 23.0 Å². The Morgan fingerprint density at radius 3 is 2.65 bits per heavy atom. The number of nitrogens with zero attached hydrogens (tertiary/aromatic N) is 4. The van der Waals surface area contributed by atoms with Crippen molar-refractivity contribution in [3.8, 4) is 0 Å². The minimum Gasteiger partial charge on any atom is -0.389 e. The molecule has 1 saturated heterocycles. The van der Waals surface area contributed by atoms with Crippen LogP contribution in [0.15, 0.2) is 0 Å². The highest BCUT2D eigenvalue weighted by Gasteiger charge is 2.27. The van der Waals surface area contributed by atoms with Gasteiger partial charge in [-0.2, -0.15) is 5.10 Å². The molecule has 0 spiro atoms. The number of nitrogens with two attached hydrogens (primary N) is 1. The van der Waals surface area contributed by atoms with Crippen molar-refractivity contribution in [2.24, 2.45) is 5.73 Å². The van der Waals surface area contributed by atoms with Gasteiger partial charge >= 0.3 is 0 Å². The standard InChI is InChI=1S/C14H23N5S/c1-5-11-8-19(7-6-18(11)4)14-12(13(15)20)9(2)10(3)16-17-14/h11H,5-8H2,1-4H3,(H2,15,20). The Balaban J connectivity index is 2.38. The van der Waals surface area contributed by atoms with Crippen LogP contribution < -0.4 is 10.6 Å². The summed E-state index contributed by atoms with van der Waals surface area (Å²) in [6.45, 7) is 9.05. The first-order chi connectivity index (χ1) is 9.45. The van der Waals surface area contributed by atoms with Gasteiger partial charge in [-0.25, -0.2) is 0 Å². The lowest BCUT2D eigenvalue weighted by Gasteiger charge is -2.40. The number of hydrogen-bond acceptors (Lipinski definition) is 5. The SMILES string of the molecule is CCC1CN(c2nnc(C)c(C)c2C(N)=S)CCN1C. The summed E-state index contributed by atoms with van der Waals surface area (Å²) in [6, 6.07) is 0.534. The summed E-state index contributed by atoms with van der Waals surface area (Å²) in [5, 5.41) is 8.61. The molecule has 1 aromatic rings. The Labute approximate surface area is 126 Å². The zero-order valence-corrected chi connectivity index (χ0v) is 13.5. The van der Waals surface area contributed by atoms with E-state index in [1.165, 1.54) is 0 Å². The third-order valence-corrected chi connectivity index (χ3v) is 4.43. The summed E-state index contributed by atoms with van der Waals surface area (Å²) in [5.74, 6) is 0.840. The van der Waals surface area contributed by atoms with Gasteiger partial charge in [0, 0.05) is 25.7 Å². The predicted octanol–water partition coefficient (Wildman–Crippen LogP) is 1.26. The maximum Gasteiger partial charge on any atom is 0.161 e. The Morgan fingerprint density at radius 1 is 1.35 bits per heavy atom. The third kappa shape index (κ3) is 2.76. The smallest absolute Gasteiger partial charge is 0.161 e. The minimum atomic E-state index is 0.405. The predicted molar refractivity (Wildman–Crippen MR) is 86.3 cm³/mol. The molecule has 1 aliphatic heterocycles. The van der Waals surface area contributed by atoms with Crippen LogP contribution in [0.1, 0.15) is 30.2 Å². The topological polar surface area (TPSA) is 58.3 Å². The summed E-state index contributed by atoms with van der Waals surface area (Å²) >= 11 is 5.22. The molecule has 1 aromatic heterocycles. The van der Waals surface area contributed by atoms with Crippen molar-refractivity contribution in [1.29, 1.82) is 0 Å². The van der Waals surface area contributed by atoms with Gasteiger partial charge in [-0.05, 0) is 32.9 Å². The van der Waals surface area contributed by atoms with E-state index in [1.54, 1.807) is 0 Å². The van der Waals surface area contributed by atoms with Crippen molar-refractivity contribution in [1.82, 2.24) is 15.1 Å². The lowest BCUT2D eigenvalue weighted by atomic mass is 10.1. The highest BCUT2D eigenvalue weighted by Crippen LogP contribution is 2.24. The molecule has 1 aliphatic rings. The number of rotatable bonds is 3. The summed E-state index contributed by atoms with van der Waals surface area (Å²) in [7, 11) is 2.17. The Bertz CT molecular complexity index is 517. The summed E-state index contributed by atoms with van der Waals surface area (Å²) in [4.78, 5) is 5.07. The second-order valence-electron chi connectivity index (χ2n) is 5.46. The van der Waals surface area contributed by atoms with Gasteiger partial charge in [0.1, 0.15) is 4.99 Å². The molecule has 2 rings (SSSR count). The molecule has 0 aliphatic carbocycles. The maximum absolute atomic E-state index is 5.91. The van der Waals surface area contributed by atoms with Gasteiger partial charge in [-0.3, -0.25) is 4.90 Å². The van der Waals surface area contributed by atoms with Crippen LogP contribution in [-0.4, -0.2) is 52.8 Å². The first kappa shape index (κ1) is 15.1. The number of aromatic nitrogens is 2. The van der Waals surface area contributed by atoms with Crippen molar-refractivity contribution in [3.05, 3.63) is 16.8 Å². The van der Waals surface area contributed by atoms with E-state index in [2.05, 4.69) is 34.0 Å². The van der Waals surface area contributed by atoms with Crippen molar-refractivity contribution < 1.29 is 0 Å². The number of aryl methyl sites for hydroxylation is 1. The molecule has 2 heterocycles. The van der Waals surface area contributed by atoms with Crippen LogP contribution >= 0.6 is 12.2 Å². The van der Waals surface area contributed by atoms with Crippen LogP contribution in [0.4, 0.5) is 5.82 Å². The van der Waals surface area contributed by atoms with E-state index in [1.807, 2.05) is 13.8 Å². The summed E-state index contributed by atoms with van der Waals surface area (Å²) in [5.41, 5.74) is 8.72. The lowest BCUT2D eigenvalue weighted by molar-refractivity contribution is 0.212. The quantitative estimate of drug-likeness (QED) is 0.847. The van der Waals surface area contributed by atoms with Crippen LogP contribution in [0, 0.1) is 13.8 Å². The Kier molecular flexibility index (Phi) is 4.55. The lowest BCUT2D eigenvalue weighted by Crippen LogP contribution is -2.52. The van der Waals surface area contributed by atoms with Crippen LogP contribution in [0.2, 0.25) is 0 Å². The number of thiocarbonyl (C=S) groups is 1. The number of hydrogen-bond donors (Lipinski definition) is 1. The van der Waals surface area contributed by atoms with E-state index in [4.69, 9.17) is 18.0 Å². The molecule has 0 amide bonds. The average molecular weight is 293 g/mol. The fraction of sp³-hybridized carbons (Fsp3) is 0.643. The molecule has 1 atom stereocenters. The highest BCUT2D eigenvalue weighted by molar-refractivity contribution is 7.80.